The highest BCUT2D eigenvalue weighted by Crippen LogP contribution is 2.54. The molecule has 3 nitrogen and oxygen atoms in total. The van der Waals surface area contributed by atoms with Gasteiger partial charge in [-0.3, -0.25) is 0 Å². The van der Waals surface area contributed by atoms with Crippen LogP contribution in [0.1, 0.15) is 49.4 Å². The molecule has 0 saturated carbocycles. The van der Waals surface area contributed by atoms with Crippen molar-refractivity contribution in [2.24, 2.45) is 0 Å². The lowest BCUT2D eigenvalue weighted by molar-refractivity contribution is 0.00677. The van der Waals surface area contributed by atoms with Gasteiger partial charge in [-0.05, 0) is 62.6 Å². The van der Waals surface area contributed by atoms with Crippen molar-refractivity contribution in [2.45, 2.75) is 39.7 Å². The Morgan fingerprint density at radius 2 is 1.61 bits per heavy atom. The molecular weight excluding hydrogens is 406 g/mol. The molecular formula is C27H30ClNO2. The van der Waals surface area contributed by atoms with Crippen molar-refractivity contribution >= 4 is 17.3 Å². The van der Waals surface area contributed by atoms with E-state index >= 15 is 0 Å². The Hall–Kier alpha value is -2.49. The summed E-state index contributed by atoms with van der Waals surface area (Å²) < 4.78 is 13.2. The van der Waals surface area contributed by atoms with Gasteiger partial charge in [0.2, 0.25) is 0 Å². The van der Waals surface area contributed by atoms with E-state index in [1.54, 1.807) is 0 Å². The first-order valence-electron chi connectivity index (χ1n) is 11.1. The normalized spacial score (nSPS) is 16.9. The van der Waals surface area contributed by atoms with Gasteiger partial charge < -0.3 is 14.4 Å². The van der Waals surface area contributed by atoms with Gasteiger partial charge in [0.05, 0.1) is 0 Å². The predicted octanol–water partition coefficient (Wildman–Crippen LogP) is 7.32. The second-order valence-corrected chi connectivity index (χ2v) is 8.36. The molecule has 4 rings (SSSR count). The number of anilines is 1. The third kappa shape index (κ3) is 3.71. The van der Waals surface area contributed by atoms with Crippen LogP contribution in [0, 0.1) is 6.92 Å². The van der Waals surface area contributed by atoms with E-state index in [0.29, 0.717) is 11.6 Å². The minimum absolute atomic E-state index is 0.622. The van der Waals surface area contributed by atoms with Crippen molar-refractivity contribution < 1.29 is 9.47 Å². The summed E-state index contributed by atoms with van der Waals surface area (Å²) in [7, 11) is 0. The van der Waals surface area contributed by atoms with E-state index in [1.165, 1.54) is 0 Å². The number of aryl methyl sites for hydroxylation is 1. The fourth-order valence-electron chi connectivity index (χ4n) is 4.43. The molecule has 1 aliphatic rings. The highest BCUT2D eigenvalue weighted by atomic mass is 35.5. The van der Waals surface area contributed by atoms with Gasteiger partial charge in [-0.1, -0.05) is 48.9 Å². The third-order valence-corrected chi connectivity index (χ3v) is 6.44. The summed E-state index contributed by atoms with van der Waals surface area (Å²) in [5.74, 6) is 1.63. The molecule has 0 amide bonds. The molecule has 3 aromatic carbocycles. The molecule has 3 aromatic rings. The molecule has 1 unspecified atom stereocenters. The van der Waals surface area contributed by atoms with Gasteiger partial charge in [0.25, 0.3) is 0 Å². The van der Waals surface area contributed by atoms with Crippen LogP contribution in [0.25, 0.3) is 0 Å². The highest BCUT2D eigenvalue weighted by molar-refractivity contribution is 6.31. The van der Waals surface area contributed by atoms with Crippen LogP contribution >= 0.6 is 11.6 Å². The average Bonchev–Trinajstić information content (AvgIpc) is 2.79. The van der Waals surface area contributed by atoms with Crippen LogP contribution in [0.3, 0.4) is 0 Å². The molecule has 162 valence electrons. The maximum absolute atomic E-state index is 6.75. The second-order valence-electron chi connectivity index (χ2n) is 7.95. The van der Waals surface area contributed by atoms with Gasteiger partial charge in [0, 0.05) is 47.6 Å². The summed E-state index contributed by atoms with van der Waals surface area (Å²) in [5.41, 5.74) is 4.39. The quantitative estimate of drug-likeness (QED) is 0.388. The average molecular weight is 436 g/mol. The van der Waals surface area contributed by atoms with Crippen molar-refractivity contribution in [3.05, 3.63) is 87.9 Å². The lowest BCUT2D eigenvalue weighted by atomic mass is 9.77. The number of rotatable bonds is 7. The molecule has 4 heteroatoms. The Morgan fingerprint density at radius 1 is 0.903 bits per heavy atom. The Kier molecular flexibility index (Phi) is 6.27. The summed E-state index contributed by atoms with van der Waals surface area (Å²) in [4.78, 5) is 2.32. The van der Waals surface area contributed by atoms with Gasteiger partial charge in [0.15, 0.2) is 5.60 Å². The van der Waals surface area contributed by atoms with Gasteiger partial charge in [-0.15, -0.1) is 0 Å². The first-order valence-corrected chi connectivity index (χ1v) is 11.5. The summed E-state index contributed by atoms with van der Waals surface area (Å²) in [6, 6.07) is 20.9. The maximum atomic E-state index is 6.75. The number of halogens is 1. The van der Waals surface area contributed by atoms with E-state index in [-0.39, 0.29) is 0 Å². The van der Waals surface area contributed by atoms with Crippen LogP contribution in [0.5, 0.6) is 11.5 Å². The van der Waals surface area contributed by atoms with Crippen LogP contribution in [0.15, 0.2) is 60.7 Å². The van der Waals surface area contributed by atoms with Crippen LogP contribution < -0.4 is 9.64 Å². The standard InChI is InChI=1S/C27H30ClNO2/c1-5-15-30-27(20-11-9-8-10-12-20)22-14-13-21(29(6-2)7-3)17-26(22)31-25-16-19(4)24(28)18-23(25)27/h8-14,16-18H,5-7,15H2,1-4H3. The smallest absolute Gasteiger partial charge is 0.150 e. The van der Waals surface area contributed by atoms with E-state index in [9.17, 15) is 0 Å². The maximum Gasteiger partial charge on any atom is 0.150 e. The lowest BCUT2D eigenvalue weighted by Gasteiger charge is -2.41. The summed E-state index contributed by atoms with van der Waals surface area (Å²) in [6.07, 6.45) is 0.914. The van der Waals surface area contributed by atoms with Crippen LogP contribution in [0.4, 0.5) is 5.69 Å². The summed E-state index contributed by atoms with van der Waals surface area (Å²) >= 11 is 6.61. The number of hydrogen-bond acceptors (Lipinski definition) is 3. The molecule has 31 heavy (non-hydrogen) atoms. The van der Waals surface area contributed by atoms with Crippen molar-refractivity contribution in [2.75, 3.05) is 24.6 Å². The van der Waals surface area contributed by atoms with E-state index in [2.05, 4.69) is 68.1 Å². The van der Waals surface area contributed by atoms with E-state index in [4.69, 9.17) is 21.1 Å². The number of nitrogens with zero attached hydrogens (tertiary/aromatic N) is 1. The molecule has 0 N–H and O–H groups in total. The molecule has 0 fully saturated rings. The minimum Gasteiger partial charge on any atom is -0.456 e. The fraction of sp³-hybridized carbons (Fsp3) is 0.333. The van der Waals surface area contributed by atoms with Crippen LogP contribution in [0.2, 0.25) is 5.02 Å². The zero-order valence-electron chi connectivity index (χ0n) is 18.7. The molecule has 1 heterocycles. The zero-order chi connectivity index (χ0) is 22.0. The van der Waals surface area contributed by atoms with E-state index < -0.39 is 5.60 Å². The second kappa shape index (κ2) is 8.94. The number of benzene rings is 3. The van der Waals surface area contributed by atoms with Crippen LogP contribution in [-0.4, -0.2) is 19.7 Å². The Balaban J connectivity index is 2.02. The molecule has 0 aromatic heterocycles. The molecule has 0 aliphatic carbocycles. The Morgan fingerprint density at radius 3 is 2.29 bits per heavy atom. The molecule has 0 spiro atoms. The van der Waals surface area contributed by atoms with Crippen molar-refractivity contribution in [3.8, 4) is 11.5 Å². The predicted molar refractivity (Wildman–Crippen MR) is 129 cm³/mol. The molecule has 1 atom stereocenters. The SMILES string of the molecule is CCCOC1(c2ccccc2)c2ccc(N(CC)CC)cc2Oc2cc(C)c(Cl)cc21. The summed E-state index contributed by atoms with van der Waals surface area (Å²) in [5, 5.41) is 0.714. The fourth-order valence-corrected chi connectivity index (χ4v) is 4.59. The lowest BCUT2D eigenvalue weighted by Crippen LogP contribution is -2.36. The highest BCUT2D eigenvalue weighted by Gasteiger charge is 2.45. The minimum atomic E-state index is -0.778. The summed E-state index contributed by atoms with van der Waals surface area (Å²) in [6.45, 7) is 11.0. The monoisotopic (exact) mass is 435 g/mol. The van der Waals surface area contributed by atoms with E-state index in [1.807, 2.05) is 25.1 Å². The molecule has 0 bridgehead atoms. The third-order valence-electron chi connectivity index (χ3n) is 6.04. The van der Waals surface area contributed by atoms with Gasteiger partial charge in [-0.25, -0.2) is 0 Å². The topological polar surface area (TPSA) is 21.7 Å². The Bertz CT molecular complexity index is 1060. The van der Waals surface area contributed by atoms with Gasteiger partial charge in [0.1, 0.15) is 11.5 Å². The van der Waals surface area contributed by atoms with Crippen LogP contribution in [-0.2, 0) is 10.3 Å². The number of ether oxygens (including phenoxy) is 2. The van der Waals surface area contributed by atoms with Crippen molar-refractivity contribution in [1.82, 2.24) is 0 Å². The van der Waals surface area contributed by atoms with Gasteiger partial charge in [-0.2, -0.15) is 0 Å². The number of hydrogen-bond donors (Lipinski definition) is 0. The molecule has 1 aliphatic heterocycles. The Labute approximate surface area is 190 Å². The molecule has 0 radical (unpaired) electrons. The van der Waals surface area contributed by atoms with Crippen molar-refractivity contribution in [3.63, 3.8) is 0 Å². The van der Waals surface area contributed by atoms with Crippen molar-refractivity contribution in [1.29, 1.82) is 0 Å². The first kappa shape index (κ1) is 21.7. The number of fused-ring (bicyclic) bond motifs is 2. The first-order chi connectivity index (χ1) is 15.0. The molecule has 0 saturated heterocycles. The van der Waals surface area contributed by atoms with E-state index in [0.717, 1.165) is 59.0 Å². The largest absolute Gasteiger partial charge is 0.456 e. The zero-order valence-corrected chi connectivity index (χ0v) is 19.5. The van der Waals surface area contributed by atoms with Gasteiger partial charge >= 0.3 is 0 Å².